The maximum atomic E-state index is 15.5. The van der Waals surface area contributed by atoms with Crippen molar-refractivity contribution in [2.75, 3.05) is 6.61 Å². The van der Waals surface area contributed by atoms with E-state index in [0.717, 1.165) is 81.8 Å². The highest BCUT2D eigenvalue weighted by molar-refractivity contribution is 5.96. The quantitative estimate of drug-likeness (QED) is 0.0576. The van der Waals surface area contributed by atoms with Crippen LogP contribution in [0.4, 0.5) is 0 Å². The summed E-state index contributed by atoms with van der Waals surface area (Å²) >= 11 is 0. The van der Waals surface area contributed by atoms with Gasteiger partial charge in [-0.25, -0.2) is 0 Å². The Morgan fingerprint density at radius 2 is 1.66 bits per heavy atom. The number of ether oxygens (including phenoxy) is 5. The summed E-state index contributed by atoms with van der Waals surface area (Å²) in [4.78, 5) is 63.9. The van der Waals surface area contributed by atoms with Gasteiger partial charge in [-0.05, 0) is 114 Å². The number of amides is 2. The Morgan fingerprint density at radius 1 is 0.957 bits per heavy atom. The largest absolute Gasteiger partial charge is 0.460 e. The van der Waals surface area contributed by atoms with Crippen molar-refractivity contribution in [3.05, 3.63) is 41.0 Å². The predicted molar refractivity (Wildman–Crippen MR) is 261 cm³/mol. The van der Waals surface area contributed by atoms with E-state index in [1.807, 2.05) is 18.2 Å². The van der Waals surface area contributed by atoms with Gasteiger partial charge in [0.15, 0.2) is 11.8 Å². The predicted octanol–water partition coefficient (Wildman–Crippen LogP) is 7.37. The molecule has 8 rings (SSSR count). The molecule has 15 heteroatoms. The number of aliphatic hydroxyl groups is 2. The molecule has 0 aromatic heterocycles. The average molecular weight is 978 g/mol. The number of rotatable bonds is 20. The molecule has 3 saturated carbocycles. The fourth-order valence-corrected chi connectivity index (χ4v) is 13.0. The molecule has 7 fully saturated rings. The third kappa shape index (κ3) is 10.8. The lowest BCUT2D eigenvalue weighted by Crippen LogP contribution is -2.71. The molecule has 4 saturated heterocycles. The minimum atomic E-state index is -1.62. The van der Waals surface area contributed by atoms with Crippen LogP contribution in [0.1, 0.15) is 176 Å². The van der Waals surface area contributed by atoms with Gasteiger partial charge in [0, 0.05) is 25.7 Å². The summed E-state index contributed by atoms with van der Waals surface area (Å²) in [5.41, 5.74) is 1.22. The van der Waals surface area contributed by atoms with E-state index >= 15 is 4.79 Å². The van der Waals surface area contributed by atoms with Gasteiger partial charge in [0.2, 0.25) is 11.8 Å². The summed E-state index contributed by atoms with van der Waals surface area (Å²) in [6, 6.07) is 4.54. The molecule has 390 valence electrons. The second-order valence-electron chi connectivity index (χ2n) is 23.7. The number of nitrogens with zero attached hydrogens (tertiary/aromatic N) is 1. The third-order valence-electron chi connectivity index (χ3n) is 16.8. The van der Waals surface area contributed by atoms with Gasteiger partial charge in [-0.2, -0.15) is 5.06 Å². The number of epoxide rings is 1. The van der Waals surface area contributed by atoms with Crippen LogP contribution in [0.5, 0.6) is 0 Å². The monoisotopic (exact) mass is 978 g/mol. The smallest absolute Gasteiger partial charge is 0.327 e. The molecule has 4 heterocycles. The number of aliphatic hydroxyl groups excluding tert-OH is 2. The number of benzene rings is 1. The molecule has 1 aromatic carbocycles. The van der Waals surface area contributed by atoms with Crippen molar-refractivity contribution in [1.29, 1.82) is 0 Å². The van der Waals surface area contributed by atoms with Crippen molar-refractivity contribution in [2.24, 2.45) is 22.7 Å². The molecule has 13 unspecified atom stereocenters. The topological polar surface area (TPSA) is 195 Å². The van der Waals surface area contributed by atoms with Crippen LogP contribution in [0.25, 0.3) is 6.08 Å². The Labute approximate surface area is 415 Å². The van der Waals surface area contributed by atoms with Gasteiger partial charge in [0.25, 0.3) is 0 Å². The molecule has 13 atom stereocenters. The van der Waals surface area contributed by atoms with Crippen LogP contribution in [0.3, 0.4) is 0 Å². The van der Waals surface area contributed by atoms with Crippen molar-refractivity contribution in [3.63, 3.8) is 0 Å². The highest BCUT2D eigenvalue weighted by Crippen LogP contribution is 2.61. The highest BCUT2D eigenvalue weighted by Gasteiger charge is 2.76. The number of unbranched alkanes of at least 4 members (excludes halogenated alkanes) is 4. The highest BCUT2D eigenvalue weighted by atomic mass is 16.8. The van der Waals surface area contributed by atoms with Gasteiger partial charge < -0.3 is 44.5 Å². The van der Waals surface area contributed by atoms with Crippen LogP contribution < -0.4 is 10.6 Å². The molecule has 0 spiro atoms. The Kier molecular flexibility index (Phi) is 15.7. The van der Waals surface area contributed by atoms with E-state index in [1.54, 1.807) is 25.8 Å². The Morgan fingerprint density at radius 3 is 2.31 bits per heavy atom. The lowest BCUT2D eigenvalue weighted by molar-refractivity contribution is -0.224. The standard InChI is InChI=1S/C55H83N3O12/c1-10-12-16-25-54(26-17-13-11-2)68-44-40-30-55(50(64)57-43(33(3)60)48(62)56-37(32-59)21-23-42(61)67-51(4,5)6)46(49(63)65-40)58(70-47(55)45(44)69-54)31-36-19-15-14-18-34(36)28-35-20-22-41-53(9,66-41)27-24-39-38(35)29-52(39,7)8/h14-15,18-19,28,33,37-41,43-47,59-60H,10-13,16-17,20-27,29-32H2,1-9H3,(H,56,62)(H,57,64). The number of nitrogens with one attached hydrogen (secondary N) is 2. The van der Waals surface area contributed by atoms with Gasteiger partial charge in [-0.3, -0.25) is 24.0 Å². The second-order valence-corrected chi connectivity index (χ2v) is 23.7. The average Bonchev–Trinajstić information content (AvgIpc) is 3.57. The van der Waals surface area contributed by atoms with E-state index in [0.29, 0.717) is 24.7 Å². The Bertz CT molecular complexity index is 2090. The summed E-state index contributed by atoms with van der Waals surface area (Å²) in [6.45, 7) is 17.6. The Balaban J connectivity index is 1.11. The summed E-state index contributed by atoms with van der Waals surface area (Å²) in [5, 5.41) is 28.6. The third-order valence-corrected chi connectivity index (χ3v) is 16.8. The van der Waals surface area contributed by atoms with E-state index in [9.17, 15) is 24.6 Å². The van der Waals surface area contributed by atoms with Crippen LogP contribution in [-0.2, 0) is 54.2 Å². The van der Waals surface area contributed by atoms with Crippen LogP contribution in [0.15, 0.2) is 29.8 Å². The van der Waals surface area contributed by atoms with Crippen molar-refractivity contribution < 1.29 is 57.9 Å². The molecule has 70 heavy (non-hydrogen) atoms. The summed E-state index contributed by atoms with van der Waals surface area (Å²) < 4.78 is 32.1. The van der Waals surface area contributed by atoms with Crippen LogP contribution >= 0.6 is 0 Å². The van der Waals surface area contributed by atoms with Crippen molar-refractivity contribution >= 4 is 29.8 Å². The number of esters is 2. The number of carbonyl (C=O) groups excluding carboxylic acids is 4. The van der Waals surface area contributed by atoms with Gasteiger partial charge >= 0.3 is 11.9 Å². The lowest BCUT2D eigenvalue weighted by atomic mass is 9.52. The molecular formula is C55H83N3O12. The number of carbonyl (C=O) groups is 4. The maximum Gasteiger partial charge on any atom is 0.327 e. The zero-order valence-corrected chi connectivity index (χ0v) is 43.4. The molecule has 1 aromatic rings. The number of hydrogen-bond acceptors (Lipinski definition) is 13. The molecule has 4 aliphatic heterocycles. The van der Waals surface area contributed by atoms with E-state index in [1.165, 1.54) is 12.5 Å². The first-order valence-electron chi connectivity index (χ1n) is 26.7. The molecule has 3 aliphatic carbocycles. The van der Waals surface area contributed by atoms with Gasteiger partial charge in [0.05, 0.1) is 37.0 Å². The number of hydroxylamine groups is 2. The van der Waals surface area contributed by atoms with E-state index < -0.39 is 95.8 Å². The first kappa shape index (κ1) is 52.9. The van der Waals surface area contributed by atoms with Crippen molar-refractivity contribution in [1.82, 2.24) is 15.7 Å². The maximum absolute atomic E-state index is 15.5. The first-order chi connectivity index (χ1) is 33.2. The lowest BCUT2D eigenvalue weighted by Gasteiger charge is -2.53. The molecule has 4 N–H and O–H groups in total. The van der Waals surface area contributed by atoms with Crippen LogP contribution in [-0.4, -0.2) is 117 Å². The molecule has 15 nitrogen and oxygen atoms in total. The minimum absolute atomic E-state index is 0.0365. The SMILES string of the molecule is CCCCCC1(CCCCC)OC2C3CC4(C(=O)NC(C(=O)NC(CO)CCC(=O)OC(C)(C)C)C(C)O)C(ON(Cc5ccccc5C=C5CCC6OC6(C)CCC6C5CC6(C)C)C4C(=O)O3)C2O1. The van der Waals surface area contributed by atoms with Gasteiger partial charge in [0.1, 0.15) is 41.5 Å². The second kappa shape index (κ2) is 20.8. The summed E-state index contributed by atoms with van der Waals surface area (Å²) in [6.07, 6.45) is 10.1. The fraction of sp³-hybridized carbons (Fsp3) is 0.782. The molecule has 0 radical (unpaired) electrons. The van der Waals surface area contributed by atoms with E-state index in [2.05, 4.69) is 57.4 Å². The normalized spacial score (nSPS) is 34.5. The van der Waals surface area contributed by atoms with Crippen LogP contribution in [0, 0.1) is 22.7 Å². The molecule has 2 bridgehead atoms. The molecule has 7 aliphatic rings. The summed E-state index contributed by atoms with van der Waals surface area (Å²) in [5.74, 6) is -2.49. The zero-order valence-electron chi connectivity index (χ0n) is 43.4. The van der Waals surface area contributed by atoms with E-state index in [-0.39, 0.29) is 42.9 Å². The molecular weight excluding hydrogens is 895 g/mol. The van der Waals surface area contributed by atoms with Crippen molar-refractivity contribution in [2.45, 2.75) is 243 Å². The number of allylic oxidation sites excluding steroid dienone is 1. The first-order valence-corrected chi connectivity index (χ1v) is 26.7. The number of hydrogen-bond donors (Lipinski definition) is 4. The number of fused-ring (bicyclic) bond motifs is 6. The van der Waals surface area contributed by atoms with Gasteiger partial charge in [-0.1, -0.05) is 89.3 Å². The summed E-state index contributed by atoms with van der Waals surface area (Å²) in [7, 11) is 0. The van der Waals surface area contributed by atoms with Crippen molar-refractivity contribution in [3.8, 4) is 0 Å². The molecule has 2 amide bonds. The van der Waals surface area contributed by atoms with Crippen LogP contribution in [0.2, 0.25) is 0 Å². The van der Waals surface area contributed by atoms with E-state index in [4.69, 9.17) is 28.5 Å². The fourth-order valence-electron chi connectivity index (χ4n) is 13.0. The Hall–Kier alpha value is -3.44. The minimum Gasteiger partial charge on any atom is -0.460 e. The van der Waals surface area contributed by atoms with Gasteiger partial charge in [-0.15, -0.1) is 0 Å². The zero-order chi connectivity index (χ0) is 50.4.